The molecule has 0 aliphatic heterocycles. The van der Waals surface area contributed by atoms with Crippen molar-refractivity contribution in [3.63, 3.8) is 0 Å². The van der Waals surface area contributed by atoms with E-state index in [1.165, 1.54) is 0 Å². The number of hydrogen-bond acceptors (Lipinski definition) is 1. The molecule has 56 valence electrons. The van der Waals surface area contributed by atoms with E-state index in [4.69, 9.17) is 0 Å². The van der Waals surface area contributed by atoms with E-state index < -0.39 is 0 Å². The summed E-state index contributed by atoms with van der Waals surface area (Å²) in [6.07, 6.45) is 1.97. The summed E-state index contributed by atoms with van der Waals surface area (Å²) in [6, 6.07) is 0. The zero-order valence-corrected chi connectivity index (χ0v) is 6.21. The van der Waals surface area contributed by atoms with Crippen LogP contribution in [0.1, 0.15) is 19.8 Å². The van der Waals surface area contributed by atoms with Gasteiger partial charge in [0.25, 0.3) is 0 Å². The largest absolute Gasteiger partial charge is 0.228 e. The first kappa shape index (κ1) is 7.32. The Kier molecular flexibility index (Phi) is 1.55. The van der Waals surface area contributed by atoms with Crippen LogP contribution in [0.4, 0.5) is 4.48 Å². The monoisotopic (exact) mass is 141 g/mol. The molecule has 0 atom stereocenters. The second-order valence-corrected chi connectivity index (χ2v) is 2.94. The van der Waals surface area contributed by atoms with E-state index in [9.17, 15) is 4.48 Å². The lowest BCUT2D eigenvalue weighted by atomic mass is 9.96. The van der Waals surface area contributed by atoms with Gasteiger partial charge in [-0.3, -0.25) is 0 Å². The van der Waals surface area contributed by atoms with Gasteiger partial charge in [-0.15, -0.1) is 4.48 Å². The molecule has 1 fully saturated rings. The van der Waals surface area contributed by atoms with E-state index in [1.54, 1.807) is 5.54 Å². The van der Waals surface area contributed by atoms with Crippen LogP contribution >= 0.6 is 0 Å². The average Bonchev–Trinajstić information content (AvgIpc) is 2.65. The first-order valence-electron chi connectivity index (χ1n) is 3.35. The normalized spacial score (nSPS) is 19.8. The van der Waals surface area contributed by atoms with E-state index in [2.05, 4.69) is 13.2 Å². The second kappa shape index (κ2) is 2.11. The summed E-state index contributed by atoms with van der Waals surface area (Å²) < 4.78 is 11.9. The molecule has 1 saturated carbocycles. The summed E-state index contributed by atoms with van der Waals surface area (Å²) in [5.41, 5.74) is 2.94. The zero-order valence-electron chi connectivity index (χ0n) is 6.21. The standard InChI is InChI=1S/C8H12FN/c1-6(2)8(4-5-8)7(3)10-9/h10H,1,3-5H2,2H3. The number of nitrogens with one attached hydrogen (secondary N) is 1. The van der Waals surface area contributed by atoms with Gasteiger partial charge in [0.05, 0.1) is 0 Å². The number of rotatable bonds is 3. The summed E-state index contributed by atoms with van der Waals surface area (Å²) in [4.78, 5) is 0. The lowest BCUT2D eigenvalue weighted by Crippen LogP contribution is -2.13. The Morgan fingerprint density at radius 2 is 2.00 bits per heavy atom. The van der Waals surface area contributed by atoms with Crippen LogP contribution in [-0.4, -0.2) is 0 Å². The molecule has 0 aromatic carbocycles. The van der Waals surface area contributed by atoms with Crippen LogP contribution in [0, 0.1) is 5.41 Å². The summed E-state index contributed by atoms with van der Waals surface area (Å²) in [7, 11) is 0. The molecule has 1 aliphatic carbocycles. The molecule has 1 nitrogen and oxygen atoms in total. The van der Waals surface area contributed by atoms with Crippen molar-refractivity contribution in [2.75, 3.05) is 0 Å². The lowest BCUT2D eigenvalue weighted by Gasteiger charge is -2.15. The maximum Gasteiger partial charge on any atom is 0.0460 e. The van der Waals surface area contributed by atoms with Gasteiger partial charge in [0.2, 0.25) is 0 Å². The minimum Gasteiger partial charge on any atom is -0.228 e. The molecule has 0 aromatic rings. The minimum atomic E-state index is -0.116. The fourth-order valence-electron chi connectivity index (χ4n) is 1.20. The SMILES string of the molecule is C=C(C)C1(C(=C)NF)CC1. The van der Waals surface area contributed by atoms with Crippen LogP contribution < -0.4 is 5.54 Å². The Labute approximate surface area is 60.6 Å². The Morgan fingerprint density at radius 3 is 2.10 bits per heavy atom. The van der Waals surface area contributed by atoms with Gasteiger partial charge in [-0.05, 0) is 19.8 Å². The van der Waals surface area contributed by atoms with Gasteiger partial charge in [-0.2, -0.15) is 0 Å². The van der Waals surface area contributed by atoms with E-state index in [0.29, 0.717) is 5.70 Å². The molecule has 1 rings (SSSR count). The van der Waals surface area contributed by atoms with Gasteiger partial charge in [0, 0.05) is 11.1 Å². The third kappa shape index (κ3) is 0.838. The molecule has 2 heteroatoms. The highest BCUT2D eigenvalue weighted by molar-refractivity contribution is 5.30. The Morgan fingerprint density at radius 1 is 1.50 bits per heavy atom. The van der Waals surface area contributed by atoms with Crippen LogP contribution in [0.15, 0.2) is 24.4 Å². The predicted octanol–water partition coefficient (Wildman–Crippen LogP) is 2.33. The summed E-state index contributed by atoms with van der Waals surface area (Å²) in [5.74, 6) is 0. The molecule has 0 saturated heterocycles. The molecule has 0 amide bonds. The molecule has 0 aromatic heterocycles. The number of allylic oxidation sites excluding steroid dienone is 1. The fourth-order valence-corrected chi connectivity index (χ4v) is 1.20. The van der Waals surface area contributed by atoms with E-state index >= 15 is 0 Å². The fraction of sp³-hybridized carbons (Fsp3) is 0.500. The maximum absolute atomic E-state index is 11.9. The highest BCUT2D eigenvalue weighted by Crippen LogP contribution is 2.55. The third-order valence-electron chi connectivity index (χ3n) is 2.26. The van der Waals surface area contributed by atoms with Crippen LogP contribution in [0.2, 0.25) is 0 Å². The summed E-state index contributed by atoms with van der Waals surface area (Å²) in [6.45, 7) is 9.28. The van der Waals surface area contributed by atoms with E-state index in [1.807, 2.05) is 6.92 Å². The Balaban J connectivity index is 2.69. The van der Waals surface area contributed by atoms with Gasteiger partial charge < -0.3 is 0 Å². The Hall–Kier alpha value is -0.790. The van der Waals surface area contributed by atoms with Crippen molar-refractivity contribution in [1.29, 1.82) is 0 Å². The van der Waals surface area contributed by atoms with Crippen molar-refractivity contribution in [2.45, 2.75) is 19.8 Å². The number of hydrogen-bond donors (Lipinski definition) is 1. The molecular formula is C8H12FN. The third-order valence-corrected chi connectivity index (χ3v) is 2.26. The van der Waals surface area contributed by atoms with Crippen molar-refractivity contribution in [2.24, 2.45) is 5.41 Å². The van der Waals surface area contributed by atoms with Crippen LogP contribution in [0.5, 0.6) is 0 Å². The Bertz CT molecular complexity index is 180. The first-order chi connectivity index (χ1) is 4.63. The zero-order chi connectivity index (χ0) is 7.78. The van der Waals surface area contributed by atoms with Crippen LogP contribution in [0.25, 0.3) is 0 Å². The molecule has 0 heterocycles. The molecule has 1 aliphatic rings. The summed E-state index contributed by atoms with van der Waals surface area (Å²) >= 11 is 0. The molecule has 1 N–H and O–H groups in total. The van der Waals surface area contributed by atoms with Crippen molar-refractivity contribution in [1.82, 2.24) is 5.54 Å². The first-order valence-corrected chi connectivity index (χ1v) is 3.35. The van der Waals surface area contributed by atoms with Crippen molar-refractivity contribution in [3.8, 4) is 0 Å². The minimum absolute atomic E-state index is 0.116. The predicted molar refractivity (Wildman–Crippen MR) is 39.9 cm³/mol. The van der Waals surface area contributed by atoms with Crippen molar-refractivity contribution < 1.29 is 4.48 Å². The van der Waals surface area contributed by atoms with Crippen LogP contribution in [-0.2, 0) is 0 Å². The smallest absolute Gasteiger partial charge is 0.0460 e. The topological polar surface area (TPSA) is 12.0 Å². The van der Waals surface area contributed by atoms with Crippen molar-refractivity contribution in [3.05, 3.63) is 24.4 Å². The molecule has 0 spiro atoms. The van der Waals surface area contributed by atoms with Crippen molar-refractivity contribution >= 4 is 0 Å². The van der Waals surface area contributed by atoms with E-state index in [0.717, 1.165) is 18.4 Å². The van der Waals surface area contributed by atoms with Gasteiger partial charge in [0.1, 0.15) is 0 Å². The molecule has 10 heavy (non-hydrogen) atoms. The summed E-state index contributed by atoms with van der Waals surface area (Å²) in [5, 5.41) is 0. The van der Waals surface area contributed by atoms with Gasteiger partial charge in [-0.25, -0.2) is 5.54 Å². The average molecular weight is 141 g/mol. The quantitative estimate of drug-likeness (QED) is 0.470. The van der Waals surface area contributed by atoms with Gasteiger partial charge in [0.15, 0.2) is 0 Å². The highest BCUT2D eigenvalue weighted by Gasteiger charge is 2.46. The second-order valence-electron chi connectivity index (χ2n) is 2.94. The number of halogens is 1. The van der Waals surface area contributed by atoms with Crippen LogP contribution in [0.3, 0.4) is 0 Å². The molecular weight excluding hydrogens is 129 g/mol. The molecule has 0 radical (unpaired) electrons. The van der Waals surface area contributed by atoms with E-state index in [-0.39, 0.29) is 5.41 Å². The molecule has 0 unspecified atom stereocenters. The lowest BCUT2D eigenvalue weighted by molar-refractivity contribution is 0.356. The maximum atomic E-state index is 11.9. The highest BCUT2D eigenvalue weighted by atomic mass is 19.2. The van der Waals surface area contributed by atoms with Gasteiger partial charge in [-0.1, -0.05) is 18.7 Å². The molecule has 0 bridgehead atoms. The van der Waals surface area contributed by atoms with Gasteiger partial charge >= 0.3 is 0 Å².